The van der Waals surface area contributed by atoms with E-state index in [0.717, 1.165) is 12.8 Å². The summed E-state index contributed by atoms with van der Waals surface area (Å²) in [6, 6.07) is 3.36. The summed E-state index contributed by atoms with van der Waals surface area (Å²) < 4.78 is 26.2. The van der Waals surface area contributed by atoms with Crippen molar-refractivity contribution in [1.29, 1.82) is 0 Å². The molecule has 2 N–H and O–H groups in total. The lowest BCUT2D eigenvalue weighted by Crippen LogP contribution is -2.42. The van der Waals surface area contributed by atoms with Crippen molar-refractivity contribution in [3.8, 4) is 0 Å². The number of hydrogen-bond acceptors (Lipinski definition) is 4. The van der Waals surface area contributed by atoms with Crippen LogP contribution in [0.2, 0.25) is 0 Å². The van der Waals surface area contributed by atoms with Crippen LogP contribution in [0.4, 0.5) is 0 Å². The van der Waals surface area contributed by atoms with Crippen LogP contribution in [0.15, 0.2) is 29.4 Å². The van der Waals surface area contributed by atoms with Gasteiger partial charge in [0, 0.05) is 31.5 Å². The molecule has 0 aromatic carbocycles. The van der Waals surface area contributed by atoms with Gasteiger partial charge in [0.1, 0.15) is 4.90 Å². The minimum atomic E-state index is -3.38. The summed E-state index contributed by atoms with van der Waals surface area (Å²) in [5.41, 5.74) is 5.85. The molecular formula is C12H19N3O2S. The van der Waals surface area contributed by atoms with E-state index in [2.05, 4.69) is 4.98 Å². The first-order valence-electron chi connectivity index (χ1n) is 6.17. The molecule has 1 aliphatic heterocycles. The molecule has 0 saturated carbocycles. The normalized spacial score (nSPS) is 20.8. The van der Waals surface area contributed by atoms with E-state index in [0.29, 0.717) is 19.0 Å². The molecule has 18 heavy (non-hydrogen) atoms. The number of piperidine rings is 1. The highest BCUT2D eigenvalue weighted by Gasteiger charge is 2.30. The molecule has 0 spiro atoms. The van der Waals surface area contributed by atoms with Gasteiger partial charge in [-0.3, -0.25) is 4.98 Å². The Labute approximate surface area is 108 Å². The standard InChI is InChI=1S/C12H19N3O2S/c1-10(13)11-4-7-15(8-5-11)18(16,17)12-3-2-6-14-9-12/h2-3,6,9-11H,4-5,7-8,13H2,1H3. The second kappa shape index (κ2) is 5.34. The van der Waals surface area contributed by atoms with Crippen molar-refractivity contribution in [3.05, 3.63) is 24.5 Å². The maximum atomic E-state index is 12.3. The molecule has 1 saturated heterocycles. The first-order chi connectivity index (χ1) is 8.51. The maximum Gasteiger partial charge on any atom is 0.244 e. The van der Waals surface area contributed by atoms with Crippen molar-refractivity contribution in [2.75, 3.05) is 13.1 Å². The van der Waals surface area contributed by atoms with Crippen molar-refractivity contribution in [1.82, 2.24) is 9.29 Å². The summed E-state index contributed by atoms with van der Waals surface area (Å²) in [7, 11) is -3.38. The van der Waals surface area contributed by atoms with Crippen molar-refractivity contribution in [3.63, 3.8) is 0 Å². The molecule has 1 aliphatic rings. The van der Waals surface area contributed by atoms with Crippen molar-refractivity contribution >= 4 is 10.0 Å². The van der Waals surface area contributed by atoms with E-state index in [1.54, 1.807) is 18.3 Å². The lowest BCUT2D eigenvalue weighted by atomic mass is 9.92. The zero-order chi connectivity index (χ0) is 13.2. The molecule has 0 radical (unpaired) electrons. The molecule has 0 amide bonds. The topological polar surface area (TPSA) is 76.3 Å². The highest BCUT2D eigenvalue weighted by atomic mass is 32.2. The molecule has 0 bridgehead atoms. The molecule has 6 heteroatoms. The van der Waals surface area contributed by atoms with Crippen LogP contribution in [0.25, 0.3) is 0 Å². The molecule has 1 aromatic rings. The van der Waals surface area contributed by atoms with Gasteiger partial charge in [0.05, 0.1) is 0 Å². The highest BCUT2D eigenvalue weighted by molar-refractivity contribution is 7.89. The van der Waals surface area contributed by atoms with Crippen molar-refractivity contribution in [2.45, 2.75) is 30.7 Å². The molecule has 1 aromatic heterocycles. The summed E-state index contributed by atoms with van der Waals surface area (Å²) in [5.74, 6) is 0.422. The van der Waals surface area contributed by atoms with Gasteiger partial charge in [0.25, 0.3) is 0 Å². The zero-order valence-electron chi connectivity index (χ0n) is 10.5. The predicted octanol–water partition coefficient (Wildman–Crippen LogP) is 0.830. The fourth-order valence-corrected chi connectivity index (χ4v) is 3.72. The summed E-state index contributed by atoms with van der Waals surface area (Å²) in [4.78, 5) is 4.13. The van der Waals surface area contributed by atoms with Crippen LogP contribution in [0.3, 0.4) is 0 Å². The Morgan fingerprint density at radius 1 is 1.44 bits per heavy atom. The van der Waals surface area contributed by atoms with Gasteiger partial charge in [-0.05, 0) is 37.8 Å². The highest BCUT2D eigenvalue weighted by Crippen LogP contribution is 2.24. The molecule has 100 valence electrons. The Morgan fingerprint density at radius 2 is 2.11 bits per heavy atom. The lowest BCUT2D eigenvalue weighted by molar-refractivity contribution is 0.250. The minimum absolute atomic E-state index is 0.133. The molecule has 1 atom stereocenters. The van der Waals surface area contributed by atoms with Gasteiger partial charge in [0.2, 0.25) is 10.0 Å². The van der Waals surface area contributed by atoms with Crippen LogP contribution in [-0.2, 0) is 10.0 Å². The van der Waals surface area contributed by atoms with E-state index >= 15 is 0 Å². The molecule has 2 heterocycles. The van der Waals surface area contributed by atoms with Crippen molar-refractivity contribution in [2.24, 2.45) is 11.7 Å². The van der Waals surface area contributed by atoms with Crippen LogP contribution in [0.1, 0.15) is 19.8 Å². The van der Waals surface area contributed by atoms with Crippen LogP contribution in [-0.4, -0.2) is 36.8 Å². The second-order valence-corrected chi connectivity index (χ2v) is 6.73. The third-order valence-corrected chi connectivity index (χ3v) is 5.40. The Kier molecular flexibility index (Phi) is 3.99. The summed E-state index contributed by atoms with van der Waals surface area (Å²) in [6.45, 7) is 3.07. The van der Waals surface area contributed by atoms with E-state index < -0.39 is 10.0 Å². The molecule has 2 rings (SSSR count). The summed E-state index contributed by atoms with van der Waals surface area (Å²) in [5, 5.41) is 0. The SMILES string of the molecule is CC(N)C1CCN(S(=O)(=O)c2cccnc2)CC1. The average molecular weight is 269 g/mol. The second-order valence-electron chi connectivity index (χ2n) is 4.79. The van der Waals surface area contributed by atoms with E-state index in [1.165, 1.54) is 10.5 Å². The summed E-state index contributed by atoms with van der Waals surface area (Å²) in [6.07, 6.45) is 4.63. The van der Waals surface area contributed by atoms with Gasteiger partial charge in [-0.15, -0.1) is 0 Å². The minimum Gasteiger partial charge on any atom is -0.328 e. The fraction of sp³-hybridized carbons (Fsp3) is 0.583. The third kappa shape index (κ3) is 2.71. The quantitative estimate of drug-likeness (QED) is 0.881. The molecule has 1 fully saturated rings. The van der Waals surface area contributed by atoms with Crippen LogP contribution >= 0.6 is 0 Å². The van der Waals surface area contributed by atoms with Gasteiger partial charge in [-0.2, -0.15) is 4.31 Å². The zero-order valence-corrected chi connectivity index (χ0v) is 11.3. The molecule has 0 aliphatic carbocycles. The number of pyridine rings is 1. The van der Waals surface area contributed by atoms with Crippen LogP contribution in [0.5, 0.6) is 0 Å². The van der Waals surface area contributed by atoms with E-state index in [1.807, 2.05) is 6.92 Å². The van der Waals surface area contributed by atoms with Gasteiger partial charge in [0.15, 0.2) is 0 Å². The third-order valence-electron chi connectivity index (χ3n) is 3.51. The Bertz CT molecular complexity index is 479. The largest absolute Gasteiger partial charge is 0.328 e. The first-order valence-corrected chi connectivity index (χ1v) is 7.61. The van der Waals surface area contributed by atoms with E-state index in [4.69, 9.17) is 5.73 Å². The molecule has 5 nitrogen and oxygen atoms in total. The Hall–Kier alpha value is -0.980. The maximum absolute atomic E-state index is 12.3. The summed E-state index contributed by atoms with van der Waals surface area (Å²) >= 11 is 0. The van der Waals surface area contributed by atoms with Crippen molar-refractivity contribution < 1.29 is 8.42 Å². The molecule has 1 unspecified atom stereocenters. The lowest BCUT2D eigenvalue weighted by Gasteiger charge is -2.32. The number of sulfonamides is 1. The first kappa shape index (κ1) is 13.5. The fourth-order valence-electron chi connectivity index (χ4n) is 2.29. The van der Waals surface area contributed by atoms with Gasteiger partial charge in [-0.1, -0.05) is 0 Å². The number of hydrogen-bond donors (Lipinski definition) is 1. The average Bonchev–Trinajstić information content (AvgIpc) is 2.40. The Balaban J connectivity index is 2.10. The smallest absolute Gasteiger partial charge is 0.244 e. The van der Waals surface area contributed by atoms with Crippen LogP contribution < -0.4 is 5.73 Å². The Morgan fingerprint density at radius 3 is 2.61 bits per heavy atom. The van der Waals surface area contributed by atoms with E-state index in [-0.39, 0.29) is 10.9 Å². The number of nitrogens with zero attached hydrogens (tertiary/aromatic N) is 2. The number of aromatic nitrogens is 1. The van der Waals surface area contributed by atoms with Crippen LogP contribution in [0, 0.1) is 5.92 Å². The number of rotatable bonds is 3. The van der Waals surface area contributed by atoms with Gasteiger partial charge in [-0.25, -0.2) is 8.42 Å². The van der Waals surface area contributed by atoms with Gasteiger partial charge < -0.3 is 5.73 Å². The predicted molar refractivity (Wildman–Crippen MR) is 69.4 cm³/mol. The monoisotopic (exact) mass is 269 g/mol. The molecular weight excluding hydrogens is 250 g/mol. The van der Waals surface area contributed by atoms with Gasteiger partial charge >= 0.3 is 0 Å². The number of nitrogens with two attached hydrogens (primary N) is 1. The van der Waals surface area contributed by atoms with E-state index in [9.17, 15) is 8.42 Å².